The molecular formula is C9H10N4OS2. The van der Waals surface area contributed by atoms with E-state index in [1.54, 1.807) is 23.9 Å². The Morgan fingerprint density at radius 1 is 1.31 bits per heavy atom. The summed E-state index contributed by atoms with van der Waals surface area (Å²) in [4.78, 5) is 1.08. The third-order valence-corrected chi connectivity index (χ3v) is 3.85. The number of phenols is 1. The number of aromatic nitrogens is 2. The van der Waals surface area contributed by atoms with Gasteiger partial charge in [-0.05, 0) is 24.3 Å². The summed E-state index contributed by atoms with van der Waals surface area (Å²) in [7, 11) is 0. The fraction of sp³-hybridized carbons (Fsp3) is 0.111. The fourth-order valence-electron chi connectivity index (χ4n) is 1.06. The molecule has 0 fully saturated rings. The van der Waals surface area contributed by atoms with Crippen molar-refractivity contribution in [1.29, 1.82) is 0 Å². The molecule has 0 unspecified atom stereocenters. The minimum absolute atomic E-state index is 0.273. The second kappa shape index (κ2) is 5.15. The quantitative estimate of drug-likeness (QED) is 0.438. The first-order valence-electron chi connectivity index (χ1n) is 4.49. The first kappa shape index (κ1) is 11.2. The largest absolute Gasteiger partial charge is 0.508 e. The number of hydrazine groups is 1. The van der Waals surface area contributed by atoms with Crippen LogP contribution in [0, 0.1) is 0 Å². The van der Waals surface area contributed by atoms with Gasteiger partial charge in [0, 0.05) is 4.90 Å². The van der Waals surface area contributed by atoms with Gasteiger partial charge >= 0.3 is 0 Å². The summed E-state index contributed by atoms with van der Waals surface area (Å²) >= 11 is 3.06. The van der Waals surface area contributed by atoms with Gasteiger partial charge in [-0.15, -0.1) is 22.0 Å². The van der Waals surface area contributed by atoms with Crippen LogP contribution in [0.5, 0.6) is 5.75 Å². The van der Waals surface area contributed by atoms with E-state index in [1.807, 2.05) is 12.1 Å². The number of phenolic OH excluding ortho intramolecular Hbond substituents is 1. The van der Waals surface area contributed by atoms with E-state index >= 15 is 0 Å². The molecule has 1 heterocycles. The molecule has 84 valence electrons. The van der Waals surface area contributed by atoms with Crippen molar-refractivity contribution in [3.05, 3.63) is 29.3 Å². The van der Waals surface area contributed by atoms with Crippen molar-refractivity contribution in [2.75, 3.05) is 5.43 Å². The predicted molar refractivity (Wildman–Crippen MR) is 65.4 cm³/mol. The summed E-state index contributed by atoms with van der Waals surface area (Å²) in [6.07, 6.45) is 0. The number of thioether (sulfide) groups is 1. The lowest BCUT2D eigenvalue weighted by Gasteiger charge is -1.98. The molecule has 4 N–H and O–H groups in total. The highest BCUT2D eigenvalue weighted by Gasteiger charge is 2.03. The van der Waals surface area contributed by atoms with Crippen LogP contribution in [-0.2, 0) is 5.75 Å². The monoisotopic (exact) mass is 254 g/mol. The number of nitrogens with zero attached hydrogens (tertiary/aromatic N) is 2. The molecule has 0 aliphatic carbocycles. The molecule has 0 bridgehead atoms. The van der Waals surface area contributed by atoms with E-state index in [9.17, 15) is 0 Å². The van der Waals surface area contributed by atoms with Gasteiger partial charge in [-0.2, -0.15) is 0 Å². The van der Waals surface area contributed by atoms with Gasteiger partial charge in [-0.3, -0.25) is 5.43 Å². The van der Waals surface area contributed by atoms with Crippen molar-refractivity contribution < 1.29 is 5.11 Å². The highest BCUT2D eigenvalue weighted by molar-refractivity contribution is 7.98. The Hall–Kier alpha value is -1.31. The third-order valence-electron chi connectivity index (χ3n) is 1.79. The molecule has 5 nitrogen and oxygen atoms in total. The van der Waals surface area contributed by atoms with E-state index < -0.39 is 0 Å². The van der Waals surface area contributed by atoms with Crippen LogP contribution in [0.2, 0.25) is 0 Å². The van der Waals surface area contributed by atoms with Crippen LogP contribution in [0.15, 0.2) is 29.2 Å². The Labute approximate surface area is 101 Å². The third kappa shape index (κ3) is 2.84. The van der Waals surface area contributed by atoms with Gasteiger partial charge in [0.1, 0.15) is 10.8 Å². The summed E-state index contributed by atoms with van der Waals surface area (Å²) in [5.74, 6) is 6.22. The Bertz CT molecular complexity index is 457. The second-order valence-electron chi connectivity index (χ2n) is 2.93. The molecule has 7 heteroatoms. The molecule has 0 saturated heterocycles. The van der Waals surface area contributed by atoms with Gasteiger partial charge in [-0.1, -0.05) is 11.3 Å². The molecule has 0 aliphatic rings. The van der Waals surface area contributed by atoms with Crippen molar-refractivity contribution in [2.24, 2.45) is 5.84 Å². The molecule has 0 aliphatic heterocycles. The van der Waals surface area contributed by atoms with Crippen molar-refractivity contribution >= 4 is 28.2 Å². The first-order chi connectivity index (χ1) is 7.78. The fourth-order valence-corrected chi connectivity index (χ4v) is 2.59. The molecule has 1 aromatic carbocycles. The average molecular weight is 254 g/mol. The molecule has 0 saturated carbocycles. The smallest absolute Gasteiger partial charge is 0.219 e. The maximum atomic E-state index is 9.13. The number of nitrogens with two attached hydrogens (primary N) is 1. The summed E-state index contributed by atoms with van der Waals surface area (Å²) in [6, 6.07) is 7.05. The molecule has 2 rings (SSSR count). The highest BCUT2D eigenvalue weighted by Crippen LogP contribution is 2.26. The SMILES string of the molecule is NNc1nnc(CSc2ccc(O)cc2)s1. The lowest BCUT2D eigenvalue weighted by molar-refractivity contribution is 0.475. The second-order valence-corrected chi connectivity index (χ2v) is 5.04. The molecular weight excluding hydrogens is 244 g/mol. The van der Waals surface area contributed by atoms with E-state index in [4.69, 9.17) is 10.9 Å². The van der Waals surface area contributed by atoms with Crippen molar-refractivity contribution in [1.82, 2.24) is 10.2 Å². The van der Waals surface area contributed by atoms with Gasteiger partial charge in [0.25, 0.3) is 0 Å². The number of anilines is 1. The number of benzene rings is 1. The van der Waals surface area contributed by atoms with Crippen LogP contribution < -0.4 is 11.3 Å². The predicted octanol–water partition coefficient (Wildman–Crippen LogP) is 1.82. The van der Waals surface area contributed by atoms with Crippen molar-refractivity contribution in [3.8, 4) is 5.75 Å². The Morgan fingerprint density at radius 3 is 2.69 bits per heavy atom. The van der Waals surface area contributed by atoms with Crippen LogP contribution >= 0.6 is 23.1 Å². The topological polar surface area (TPSA) is 84.1 Å². The zero-order chi connectivity index (χ0) is 11.4. The molecule has 0 spiro atoms. The molecule has 0 atom stereocenters. The molecule has 16 heavy (non-hydrogen) atoms. The molecule has 0 amide bonds. The van der Waals surface area contributed by atoms with Gasteiger partial charge in [-0.25, -0.2) is 5.84 Å². The van der Waals surface area contributed by atoms with Crippen LogP contribution in [0.3, 0.4) is 0 Å². The summed E-state index contributed by atoms with van der Waals surface area (Å²) in [5.41, 5.74) is 2.46. The Balaban J connectivity index is 1.94. The summed E-state index contributed by atoms with van der Waals surface area (Å²) in [5, 5.41) is 18.5. The van der Waals surface area contributed by atoms with Crippen molar-refractivity contribution in [3.63, 3.8) is 0 Å². The average Bonchev–Trinajstić information content (AvgIpc) is 2.76. The molecule has 0 radical (unpaired) electrons. The Morgan fingerprint density at radius 2 is 2.06 bits per heavy atom. The lowest BCUT2D eigenvalue weighted by Crippen LogP contribution is -2.05. The molecule has 1 aromatic heterocycles. The van der Waals surface area contributed by atoms with Crippen LogP contribution in [0.25, 0.3) is 0 Å². The van der Waals surface area contributed by atoms with E-state index in [-0.39, 0.29) is 5.75 Å². The summed E-state index contributed by atoms with van der Waals surface area (Å²) < 4.78 is 0. The van der Waals surface area contributed by atoms with E-state index in [0.29, 0.717) is 5.13 Å². The number of hydrogen-bond donors (Lipinski definition) is 3. The minimum Gasteiger partial charge on any atom is -0.508 e. The van der Waals surface area contributed by atoms with E-state index in [0.717, 1.165) is 15.7 Å². The lowest BCUT2D eigenvalue weighted by atomic mass is 10.3. The summed E-state index contributed by atoms with van der Waals surface area (Å²) in [6.45, 7) is 0. The van der Waals surface area contributed by atoms with Gasteiger partial charge < -0.3 is 5.11 Å². The van der Waals surface area contributed by atoms with Crippen molar-refractivity contribution in [2.45, 2.75) is 10.6 Å². The minimum atomic E-state index is 0.273. The highest BCUT2D eigenvalue weighted by atomic mass is 32.2. The van der Waals surface area contributed by atoms with Crippen LogP contribution in [-0.4, -0.2) is 15.3 Å². The van der Waals surface area contributed by atoms with E-state index in [1.165, 1.54) is 11.3 Å². The molecule has 2 aromatic rings. The zero-order valence-electron chi connectivity index (χ0n) is 8.25. The van der Waals surface area contributed by atoms with Crippen LogP contribution in [0.4, 0.5) is 5.13 Å². The zero-order valence-corrected chi connectivity index (χ0v) is 9.88. The Kier molecular flexibility index (Phi) is 3.60. The first-order valence-corrected chi connectivity index (χ1v) is 6.29. The number of nitrogens with one attached hydrogen (secondary N) is 1. The number of hydrogen-bond acceptors (Lipinski definition) is 7. The van der Waals surface area contributed by atoms with Gasteiger partial charge in [0.15, 0.2) is 0 Å². The normalized spacial score (nSPS) is 10.3. The number of aromatic hydroxyl groups is 1. The van der Waals surface area contributed by atoms with Crippen LogP contribution in [0.1, 0.15) is 5.01 Å². The standard InChI is InChI=1S/C9H10N4OS2/c10-11-9-13-12-8(16-9)5-15-7-3-1-6(14)2-4-7/h1-4,14H,5,10H2,(H,11,13). The number of nitrogen functional groups attached to an aromatic ring is 1. The maximum Gasteiger partial charge on any atom is 0.219 e. The maximum absolute atomic E-state index is 9.13. The number of rotatable bonds is 4. The van der Waals surface area contributed by atoms with Gasteiger partial charge in [0.05, 0.1) is 5.75 Å². The van der Waals surface area contributed by atoms with Gasteiger partial charge in [0.2, 0.25) is 5.13 Å². The van der Waals surface area contributed by atoms with E-state index in [2.05, 4.69) is 15.6 Å².